The number of nitriles is 1. The number of rotatable bonds is 2. The minimum Gasteiger partial charge on any atom is -0.313 e. The van der Waals surface area contributed by atoms with Crippen LogP contribution in [0.4, 0.5) is 4.39 Å². The van der Waals surface area contributed by atoms with Gasteiger partial charge in [-0.05, 0) is 19.1 Å². The largest absolute Gasteiger partial charge is 0.333 e. The molecule has 2 rings (SSSR count). The first-order valence-corrected chi connectivity index (χ1v) is 5.52. The maximum Gasteiger partial charge on any atom is 0.333 e. The highest BCUT2D eigenvalue weighted by Crippen LogP contribution is 2.14. The molecule has 20 heavy (non-hydrogen) atoms. The minimum atomic E-state index is -0.900. The van der Waals surface area contributed by atoms with Gasteiger partial charge in [-0.2, -0.15) is 5.26 Å². The van der Waals surface area contributed by atoms with Crippen molar-refractivity contribution in [1.29, 1.82) is 5.26 Å². The van der Waals surface area contributed by atoms with E-state index in [1.54, 1.807) is 6.07 Å². The third-order valence-corrected chi connectivity index (χ3v) is 2.70. The molecule has 2 aromatic rings. The second kappa shape index (κ2) is 4.93. The summed E-state index contributed by atoms with van der Waals surface area (Å²) >= 11 is 0. The molecular formula is C13H8FN3O3. The van der Waals surface area contributed by atoms with Gasteiger partial charge in [0.1, 0.15) is 17.4 Å². The molecule has 1 heterocycles. The van der Waals surface area contributed by atoms with Crippen LogP contribution in [0.5, 0.6) is 0 Å². The molecule has 1 aromatic carbocycles. The van der Waals surface area contributed by atoms with Crippen LogP contribution in [0.2, 0.25) is 0 Å². The molecule has 0 saturated carbocycles. The Balaban J connectivity index is 2.92. The summed E-state index contributed by atoms with van der Waals surface area (Å²) < 4.78 is 14.1. The highest BCUT2D eigenvalue weighted by atomic mass is 19.1. The second-order valence-corrected chi connectivity index (χ2v) is 3.95. The van der Waals surface area contributed by atoms with Gasteiger partial charge in [-0.3, -0.25) is 9.59 Å². The molecule has 0 radical (unpaired) electrons. The molecule has 0 spiro atoms. The number of Topliss-reactive ketones (excluding diaryl/α,β-unsaturated/α-hetero) is 1. The molecule has 0 amide bonds. The zero-order chi connectivity index (χ0) is 14.9. The zero-order valence-corrected chi connectivity index (χ0v) is 10.3. The molecule has 0 aliphatic heterocycles. The van der Waals surface area contributed by atoms with Gasteiger partial charge < -0.3 is 4.98 Å². The quantitative estimate of drug-likeness (QED) is 0.816. The molecule has 0 saturated heterocycles. The van der Waals surface area contributed by atoms with Crippen LogP contribution < -0.4 is 11.2 Å². The van der Waals surface area contributed by atoms with E-state index in [0.29, 0.717) is 4.57 Å². The van der Waals surface area contributed by atoms with E-state index < -0.39 is 28.4 Å². The van der Waals surface area contributed by atoms with E-state index in [9.17, 15) is 18.8 Å². The molecule has 0 bridgehead atoms. The normalized spacial score (nSPS) is 10.1. The Bertz CT molecular complexity index is 858. The lowest BCUT2D eigenvalue weighted by atomic mass is 10.1. The molecule has 7 heteroatoms. The molecular weight excluding hydrogens is 265 g/mol. The van der Waals surface area contributed by atoms with Crippen molar-refractivity contribution >= 4 is 5.78 Å². The summed E-state index contributed by atoms with van der Waals surface area (Å²) in [6, 6.07) is 5.14. The Hall–Kier alpha value is -3.01. The molecule has 0 fully saturated rings. The summed E-state index contributed by atoms with van der Waals surface area (Å²) in [7, 11) is 0. The van der Waals surface area contributed by atoms with Crippen molar-refractivity contribution in [2.45, 2.75) is 6.92 Å². The number of H-pyrrole nitrogens is 1. The Morgan fingerprint density at radius 2 is 2.10 bits per heavy atom. The molecule has 1 aromatic heterocycles. The fraction of sp³-hybridized carbons (Fsp3) is 0.0769. The summed E-state index contributed by atoms with van der Waals surface area (Å²) in [5.74, 6) is -1.40. The SMILES string of the molecule is CC(=O)c1c[nH]c(=O)n(-c2cccc(F)c2C#N)c1=O. The standard InChI is InChI=1S/C13H8FN3O3/c1-7(18)9-6-16-13(20)17(12(9)19)11-4-2-3-10(14)8(11)5-15/h2-4,6H,1H3,(H,16,20). The number of nitrogens with zero attached hydrogens (tertiary/aromatic N) is 2. The number of halogens is 1. The van der Waals surface area contributed by atoms with Crippen molar-refractivity contribution in [2.24, 2.45) is 0 Å². The summed E-state index contributed by atoms with van der Waals surface area (Å²) in [6.45, 7) is 1.16. The number of nitrogens with one attached hydrogen (secondary N) is 1. The van der Waals surface area contributed by atoms with Crippen molar-refractivity contribution in [3.05, 3.63) is 62.2 Å². The van der Waals surface area contributed by atoms with Crippen LogP contribution in [0.15, 0.2) is 34.0 Å². The second-order valence-electron chi connectivity index (χ2n) is 3.95. The number of aromatic amines is 1. The number of hydrogen-bond donors (Lipinski definition) is 1. The van der Waals surface area contributed by atoms with Gasteiger partial charge in [0.2, 0.25) is 0 Å². The maximum absolute atomic E-state index is 13.5. The van der Waals surface area contributed by atoms with Crippen LogP contribution in [-0.2, 0) is 0 Å². The van der Waals surface area contributed by atoms with E-state index in [4.69, 9.17) is 5.26 Å². The van der Waals surface area contributed by atoms with Crippen LogP contribution in [-0.4, -0.2) is 15.3 Å². The molecule has 0 unspecified atom stereocenters. The maximum atomic E-state index is 13.5. The van der Waals surface area contributed by atoms with Crippen LogP contribution in [0.25, 0.3) is 5.69 Å². The highest BCUT2D eigenvalue weighted by Gasteiger charge is 2.16. The lowest BCUT2D eigenvalue weighted by molar-refractivity contribution is 0.101. The highest BCUT2D eigenvalue weighted by molar-refractivity contribution is 5.93. The van der Waals surface area contributed by atoms with Gasteiger partial charge in [0, 0.05) is 6.20 Å². The number of aromatic nitrogens is 2. The Kier molecular flexibility index (Phi) is 3.31. The van der Waals surface area contributed by atoms with Crippen LogP contribution in [0, 0.1) is 17.1 Å². The van der Waals surface area contributed by atoms with Crippen molar-refractivity contribution in [1.82, 2.24) is 9.55 Å². The average molecular weight is 273 g/mol. The Morgan fingerprint density at radius 3 is 2.70 bits per heavy atom. The van der Waals surface area contributed by atoms with Gasteiger partial charge in [-0.1, -0.05) is 6.07 Å². The van der Waals surface area contributed by atoms with E-state index in [2.05, 4.69) is 4.98 Å². The summed E-state index contributed by atoms with van der Waals surface area (Å²) in [6.07, 6.45) is 0.995. The van der Waals surface area contributed by atoms with Gasteiger partial charge in [-0.25, -0.2) is 13.8 Å². The van der Waals surface area contributed by atoms with Crippen molar-refractivity contribution in [3.63, 3.8) is 0 Å². The zero-order valence-electron chi connectivity index (χ0n) is 10.3. The number of carbonyl (C=O) groups excluding carboxylic acids is 1. The lowest BCUT2D eigenvalue weighted by Gasteiger charge is -2.07. The van der Waals surface area contributed by atoms with E-state index >= 15 is 0 Å². The third-order valence-electron chi connectivity index (χ3n) is 2.70. The topological polar surface area (TPSA) is 95.7 Å². The smallest absolute Gasteiger partial charge is 0.313 e. The van der Waals surface area contributed by atoms with Gasteiger partial charge >= 0.3 is 5.69 Å². The summed E-state index contributed by atoms with van der Waals surface area (Å²) in [5, 5.41) is 8.94. The number of hydrogen-bond acceptors (Lipinski definition) is 4. The van der Waals surface area contributed by atoms with Crippen LogP contribution >= 0.6 is 0 Å². The summed E-state index contributed by atoms with van der Waals surface area (Å²) in [4.78, 5) is 37.4. The third kappa shape index (κ3) is 2.03. The van der Waals surface area contributed by atoms with Gasteiger partial charge in [0.05, 0.1) is 11.3 Å². The first kappa shape index (κ1) is 13.4. The van der Waals surface area contributed by atoms with Gasteiger partial charge in [-0.15, -0.1) is 0 Å². The molecule has 0 aliphatic carbocycles. The monoisotopic (exact) mass is 273 g/mol. The fourth-order valence-corrected chi connectivity index (χ4v) is 1.75. The number of ketones is 1. The molecule has 1 N–H and O–H groups in total. The van der Waals surface area contributed by atoms with E-state index in [1.807, 2.05) is 0 Å². The number of benzene rings is 1. The van der Waals surface area contributed by atoms with E-state index in [-0.39, 0.29) is 11.3 Å². The van der Waals surface area contributed by atoms with Crippen molar-refractivity contribution < 1.29 is 9.18 Å². The van der Waals surface area contributed by atoms with Crippen molar-refractivity contribution in [2.75, 3.05) is 0 Å². The molecule has 0 aliphatic rings. The molecule has 100 valence electrons. The van der Waals surface area contributed by atoms with Gasteiger partial charge in [0.25, 0.3) is 5.56 Å². The van der Waals surface area contributed by atoms with E-state index in [0.717, 1.165) is 19.2 Å². The summed E-state index contributed by atoms with van der Waals surface area (Å²) in [5.41, 5.74) is -2.66. The average Bonchev–Trinajstić information content (AvgIpc) is 2.38. The molecule has 0 atom stereocenters. The first-order valence-electron chi connectivity index (χ1n) is 5.52. The fourth-order valence-electron chi connectivity index (χ4n) is 1.75. The van der Waals surface area contributed by atoms with Crippen LogP contribution in [0.1, 0.15) is 22.8 Å². The predicted octanol–water partition coefficient (Wildman–Crippen LogP) is 0.739. The predicted molar refractivity (Wildman–Crippen MR) is 67.3 cm³/mol. The van der Waals surface area contributed by atoms with Crippen LogP contribution in [0.3, 0.4) is 0 Å². The number of carbonyl (C=O) groups is 1. The van der Waals surface area contributed by atoms with Crippen molar-refractivity contribution in [3.8, 4) is 11.8 Å². The Labute approximate surface area is 111 Å². The Morgan fingerprint density at radius 1 is 1.40 bits per heavy atom. The minimum absolute atomic E-state index is 0.207. The molecule has 6 nitrogen and oxygen atoms in total. The van der Waals surface area contributed by atoms with Gasteiger partial charge in [0.15, 0.2) is 5.78 Å². The lowest BCUT2D eigenvalue weighted by Crippen LogP contribution is -2.37. The van der Waals surface area contributed by atoms with E-state index in [1.165, 1.54) is 12.1 Å². The first-order chi connectivity index (χ1) is 9.47.